The van der Waals surface area contributed by atoms with Crippen molar-refractivity contribution in [3.8, 4) is 5.75 Å². The summed E-state index contributed by atoms with van der Waals surface area (Å²) in [5.74, 6) is 1.14. The second kappa shape index (κ2) is 6.60. The van der Waals surface area contributed by atoms with Gasteiger partial charge in [-0.25, -0.2) is 0 Å². The predicted octanol–water partition coefficient (Wildman–Crippen LogP) is 5.30. The third-order valence-electron chi connectivity index (χ3n) is 3.96. The summed E-state index contributed by atoms with van der Waals surface area (Å²) in [5, 5.41) is 11.9. The van der Waals surface area contributed by atoms with E-state index >= 15 is 0 Å². The Morgan fingerprint density at radius 3 is 2.53 bits per heavy atom. The van der Waals surface area contributed by atoms with Crippen LogP contribution in [0.25, 0.3) is 10.8 Å². The highest BCUT2D eigenvalue weighted by atomic mass is 16.3. The smallest absolute Gasteiger partial charge is 0.116 e. The number of unbranched alkanes of at least 4 members (excludes halogenated alkanes) is 1. The summed E-state index contributed by atoms with van der Waals surface area (Å²) in [6.07, 6.45) is 6.33. The van der Waals surface area contributed by atoms with Crippen LogP contribution in [0.2, 0.25) is 0 Å². The molecule has 0 aliphatic heterocycles. The highest BCUT2D eigenvalue weighted by Gasteiger charge is 2.07. The first-order chi connectivity index (χ1) is 9.22. The molecule has 19 heavy (non-hydrogen) atoms. The minimum atomic E-state index is 0.350. The maximum atomic E-state index is 9.57. The molecule has 2 rings (SSSR count). The summed E-state index contributed by atoms with van der Waals surface area (Å²) in [4.78, 5) is 0. The van der Waals surface area contributed by atoms with Gasteiger partial charge >= 0.3 is 0 Å². The Hall–Kier alpha value is -1.50. The van der Waals surface area contributed by atoms with Gasteiger partial charge in [-0.05, 0) is 40.8 Å². The zero-order valence-electron chi connectivity index (χ0n) is 12.0. The van der Waals surface area contributed by atoms with Gasteiger partial charge < -0.3 is 5.11 Å². The van der Waals surface area contributed by atoms with Crippen LogP contribution < -0.4 is 0 Å². The van der Waals surface area contributed by atoms with Crippen molar-refractivity contribution in [2.75, 3.05) is 0 Å². The maximum Gasteiger partial charge on any atom is 0.116 e. The van der Waals surface area contributed by atoms with Crippen LogP contribution in [0.3, 0.4) is 0 Å². The lowest BCUT2D eigenvalue weighted by Gasteiger charge is -2.14. The Morgan fingerprint density at radius 1 is 1.00 bits per heavy atom. The Labute approximate surface area is 116 Å². The molecule has 0 amide bonds. The van der Waals surface area contributed by atoms with Gasteiger partial charge in [0, 0.05) is 0 Å². The predicted molar refractivity (Wildman–Crippen MR) is 82.6 cm³/mol. The number of fused-ring (bicyclic) bond motifs is 1. The van der Waals surface area contributed by atoms with Gasteiger partial charge in [-0.1, -0.05) is 63.8 Å². The maximum absolute atomic E-state index is 9.57. The summed E-state index contributed by atoms with van der Waals surface area (Å²) in [5.41, 5.74) is 1.39. The van der Waals surface area contributed by atoms with E-state index in [0.717, 1.165) is 17.7 Å². The van der Waals surface area contributed by atoms with Gasteiger partial charge in [0.1, 0.15) is 5.75 Å². The summed E-state index contributed by atoms with van der Waals surface area (Å²) < 4.78 is 0. The van der Waals surface area contributed by atoms with Gasteiger partial charge in [0.15, 0.2) is 0 Å². The zero-order chi connectivity index (χ0) is 13.7. The van der Waals surface area contributed by atoms with Crippen molar-refractivity contribution >= 4 is 10.8 Å². The molecule has 1 N–H and O–H groups in total. The highest BCUT2D eigenvalue weighted by Crippen LogP contribution is 2.24. The number of hydrogen-bond donors (Lipinski definition) is 1. The Kier molecular flexibility index (Phi) is 4.84. The molecule has 0 saturated heterocycles. The van der Waals surface area contributed by atoms with Crippen LogP contribution in [0.15, 0.2) is 36.4 Å². The number of rotatable bonds is 6. The molecule has 2 aromatic rings. The SMILES string of the molecule is CCCCC(CC)Cc1ccc2ccc(O)cc2c1. The molecule has 2 aromatic carbocycles. The van der Waals surface area contributed by atoms with E-state index in [0.29, 0.717) is 5.75 Å². The summed E-state index contributed by atoms with van der Waals surface area (Å²) in [6, 6.07) is 12.2. The van der Waals surface area contributed by atoms with E-state index in [9.17, 15) is 5.11 Å². The fourth-order valence-corrected chi connectivity index (χ4v) is 2.69. The van der Waals surface area contributed by atoms with E-state index in [1.807, 2.05) is 12.1 Å². The van der Waals surface area contributed by atoms with Gasteiger partial charge in [0.2, 0.25) is 0 Å². The van der Waals surface area contributed by atoms with Crippen LogP contribution in [0, 0.1) is 5.92 Å². The molecule has 0 saturated carbocycles. The van der Waals surface area contributed by atoms with Gasteiger partial charge in [0.25, 0.3) is 0 Å². The number of hydrogen-bond acceptors (Lipinski definition) is 1. The zero-order valence-corrected chi connectivity index (χ0v) is 12.0. The first kappa shape index (κ1) is 13.9. The summed E-state index contributed by atoms with van der Waals surface area (Å²) in [7, 11) is 0. The minimum Gasteiger partial charge on any atom is -0.508 e. The molecule has 0 radical (unpaired) electrons. The molecule has 0 aromatic heterocycles. The molecular weight excluding hydrogens is 232 g/mol. The Morgan fingerprint density at radius 2 is 1.79 bits per heavy atom. The van der Waals surface area contributed by atoms with E-state index in [1.54, 1.807) is 6.07 Å². The number of phenols is 1. The first-order valence-corrected chi connectivity index (χ1v) is 7.44. The van der Waals surface area contributed by atoms with Gasteiger partial charge in [-0.2, -0.15) is 0 Å². The van der Waals surface area contributed by atoms with Crippen LogP contribution in [0.1, 0.15) is 45.1 Å². The second-order valence-electron chi connectivity index (χ2n) is 5.49. The molecule has 0 aliphatic rings. The van der Waals surface area contributed by atoms with E-state index in [-0.39, 0.29) is 0 Å². The minimum absolute atomic E-state index is 0.350. The van der Waals surface area contributed by atoms with E-state index in [1.165, 1.54) is 36.6 Å². The van der Waals surface area contributed by atoms with Crippen LogP contribution in [-0.4, -0.2) is 5.11 Å². The van der Waals surface area contributed by atoms with Gasteiger partial charge in [-0.3, -0.25) is 0 Å². The van der Waals surface area contributed by atoms with Crippen molar-refractivity contribution in [3.05, 3.63) is 42.0 Å². The molecule has 1 atom stereocenters. The fourth-order valence-electron chi connectivity index (χ4n) is 2.69. The van der Waals surface area contributed by atoms with Crippen molar-refractivity contribution in [2.45, 2.75) is 46.0 Å². The second-order valence-corrected chi connectivity index (χ2v) is 5.49. The van der Waals surface area contributed by atoms with Crippen molar-refractivity contribution < 1.29 is 5.11 Å². The monoisotopic (exact) mass is 256 g/mol. The number of aromatic hydroxyl groups is 1. The standard InChI is InChI=1S/C18H24O/c1-3-5-6-14(4-2)11-15-7-8-16-9-10-18(19)13-17(16)12-15/h7-10,12-14,19H,3-6,11H2,1-2H3. The Balaban J connectivity index is 2.15. The average molecular weight is 256 g/mol. The number of phenolic OH excluding ortho intramolecular Hbond substituents is 1. The third-order valence-corrected chi connectivity index (χ3v) is 3.96. The summed E-state index contributed by atoms with van der Waals surface area (Å²) >= 11 is 0. The Bertz CT molecular complexity index is 530. The molecule has 0 aliphatic carbocycles. The lowest BCUT2D eigenvalue weighted by molar-refractivity contribution is 0.449. The van der Waals surface area contributed by atoms with Crippen molar-refractivity contribution in [3.63, 3.8) is 0 Å². The van der Waals surface area contributed by atoms with Gasteiger partial charge in [0.05, 0.1) is 0 Å². The molecule has 0 heterocycles. The third kappa shape index (κ3) is 3.73. The number of benzene rings is 2. The molecular formula is C18H24O. The van der Waals surface area contributed by atoms with Crippen LogP contribution >= 0.6 is 0 Å². The van der Waals surface area contributed by atoms with Crippen LogP contribution in [0.4, 0.5) is 0 Å². The van der Waals surface area contributed by atoms with E-state index in [2.05, 4.69) is 32.0 Å². The molecule has 102 valence electrons. The van der Waals surface area contributed by atoms with Crippen molar-refractivity contribution in [2.24, 2.45) is 5.92 Å². The largest absolute Gasteiger partial charge is 0.508 e. The average Bonchev–Trinajstić information content (AvgIpc) is 2.43. The molecule has 0 fully saturated rings. The molecule has 0 bridgehead atoms. The molecule has 1 nitrogen and oxygen atoms in total. The molecule has 1 heteroatoms. The first-order valence-electron chi connectivity index (χ1n) is 7.44. The van der Waals surface area contributed by atoms with Crippen molar-refractivity contribution in [1.29, 1.82) is 0 Å². The molecule has 0 spiro atoms. The van der Waals surface area contributed by atoms with E-state index < -0.39 is 0 Å². The lowest BCUT2D eigenvalue weighted by Crippen LogP contribution is -2.03. The fraction of sp³-hybridized carbons (Fsp3) is 0.444. The quantitative estimate of drug-likeness (QED) is 0.743. The van der Waals surface area contributed by atoms with Crippen molar-refractivity contribution in [1.82, 2.24) is 0 Å². The molecule has 1 unspecified atom stereocenters. The normalized spacial score (nSPS) is 12.7. The topological polar surface area (TPSA) is 20.2 Å². The van der Waals surface area contributed by atoms with Crippen LogP contribution in [-0.2, 0) is 6.42 Å². The lowest BCUT2D eigenvalue weighted by atomic mass is 9.91. The highest BCUT2D eigenvalue weighted by molar-refractivity contribution is 5.84. The van der Waals surface area contributed by atoms with E-state index in [4.69, 9.17) is 0 Å². The van der Waals surface area contributed by atoms with Crippen LogP contribution in [0.5, 0.6) is 5.75 Å². The van der Waals surface area contributed by atoms with Gasteiger partial charge in [-0.15, -0.1) is 0 Å². The summed E-state index contributed by atoms with van der Waals surface area (Å²) in [6.45, 7) is 4.54.